The normalized spacial score (nSPS) is 19.9. The fourth-order valence-electron chi connectivity index (χ4n) is 2.32. The van der Waals surface area contributed by atoms with Crippen molar-refractivity contribution in [2.75, 3.05) is 18.0 Å². The number of hydrogen-bond donors (Lipinski definition) is 1. The van der Waals surface area contributed by atoms with Gasteiger partial charge < -0.3 is 10.0 Å². The average molecular weight is 289 g/mol. The quantitative estimate of drug-likeness (QED) is 0.924. The summed E-state index contributed by atoms with van der Waals surface area (Å²) in [7, 11) is 0. The van der Waals surface area contributed by atoms with E-state index >= 15 is 0 Å². The van der Waals surface area contributed by atoms with E-state index in [9.17, 15) is 18.0 Å². The third-order valence-electron chi connectivity index (χ3n) is 3.20. The van der Waals surface area contributed by atoms with Crippen molar-refractivity contribution < 1.29 is 23.1 Å². The molecule has 2 heterocycles. The molecule has 0 aromatic carbocycles. The molecule has 1 aromatic heterocycles. The van der Waals surface area contributed by atoms with Crippen LogP contribution in [-0.4, -0.2) is 34.1 Å². The highest BCUT2D eigenvalue weighted by Gasteiger charge is 2.33. The maximum Gasteiger partial charge on any atom is 0.433 e. The molecule has 8 heteroatoms. The minimum atomic E-state index is -4.51. The van der Waals surface area contributed by atoms with E-state index < -0.39 is 17.8 Å². The Labute approximate surface area is 113 Å². The van der Waals surface area contributed by atoms with Gasteiger partial charge in [-0.05, 0) is 24.8 Å². The van der Waals surface area contributed by atoms with Gasteiger partial charge in [0.2, 0.25) is 5.95 Å². The van der Waals surface area contributed by atoms with E-state index in [1.807, 2.05) is 0 Å². The lowest BCUT2D eigenvalue weighted by atomic mass is 9.95. The molecule has 0 amide bonds. The van der Waals surface area contributed by atoms with Crippen LogP contribution in [0.25, 0.3) is 0 Å². The zero-order valence-corrected chi connectivity index (χ0v) is 10.6. The van der Waals surface area contributed by atoms with Crippen molar-refractivity contribution >= 4 is 11.9 Å². The number of nitrogens with zero attached hydrogens (tertiary/aromatic N) is 3. The molecule has 1 N–H and O–H groups in total. The number of carboxylic acid groups (broad SMARTS) is 1. The van der Waals surface area contributed by atoms with Gasteiger partial charge in [0.25, 0.3) is 0 Å². The molecule has 1 atom stereocenters. The van der Waals surface area contributed by atoms with Crippen LogP contribution in [0.4, 0.5) is 19.1 Å². The van der Waals surface area contributed by atoms with Crippen molar-refractivity contribution in [2.45, 2.75) is 25.4 Å². The second-order valence-electron chi connectivity index (χ2n) is 4.79. The van der Waals surface area contributed by atoms with Gasteiger partial charge in [0, 0.05) is 25.7 Å². The molecule has 0 bridgehead atoms. The lowest BCUT2D eigenvalue weighted by Gasteiger charge is -2.32. The Balaban J connectivity index is 2.13. The van der Waals surface area contributed by atoms with E-state index in [1.54, 1.807) is 4.90 Å². The Morgan fingerprint density at radius 2 is 2.25 bits per heavy atom. The Bertz CT molecular complexity index is 493. The van der Waals surface area contributed by atoms with Gasteiger partial charge in [-0.3, -0.25) is 4.79 Å². The second-order valence-corrected chi connectivity index (χ2v) is 4.79. The van der Waals surface area contributed by atoms with Crippen LogP contribution in [-0.2, 0) is 11.0 Å². The highest BCUT2D eigenvalue weighted by Crippen LogP contribution is 2.29. The van der Waals surface area contributed by atoms with Crippen LogP contribution in [0.2, 0.25) is 0 Å². The lowest BCUT2D eigenvalue weighted by Crippen LogP contribution is -2.37. The molecule has 1 aliphatic rings. The molecule has 0 spiro atoms. The number of carboxylic acids is 1. The number of piperidine rings is 1. The van der Waals surface area contributed by atoms with Crippen LogP contribution in [0, 0.1) is 5.92 Å². The molecule has 0 saturated carbocycles. The van der Waals surface area contributed by atoms with Crippen molar-refractivity contribution in [3.8, 4) is 0 Å². The minimum absolute atomic E-state index is 0.00918. The predicted octanol–water partition coefficient (Wildman–Crippen LogP) is 2.19. The average Bonchev–Trinajstić information content (AvgIpc) is 2.37. The Hall–Kier alpha value is -1.86. The number of alkyl halides is 3. The van der Waals surface area contributed by atoms with Crippen LogP contribution < -0.4 is 4.90 Å². The molecule has 20 heavy (non-hydrogen) atoms. The zero-order chi connectivity index (χ0) is 14.8. The number of carbonyl (C=O) groups is 1. The van der Waals surface area contributed by atoms with Gasteiger partial charge in [-0.15, -0.1) is 0 Å². The Morgan fingerprint density at radius 1 is 1.50 bits per heavy atom. The van der Waals surface area contributed by atoms with Crippen LogP contribution in [0.5, 0.6) is 0 Å². The van der Waals surface area contributed by atoms with Crippen LogP contribution in [0.15, 0.2) is 12.3 Å². The summed E-state index contributed by atoms with van der Waals surface area (Å²) >= 11 is 0. The highest BCUT2D eigenvalue weighted by atomic mass is 19.4. The number of rotatable bonds is 3. The molecule has 5 nitrogen and oxygen atoms in total. The number of hydrogen-bond acceptors (Lipinski definition) is 4. The Morgan fingerprint density at radius 3 is 2.90 bits per heavy atom. The van der Waals surface area contributed by atoms with Crippen molar-refractivity contribution in [3.63, 3.8) is 0 Å². The van der Waals surface area contributed by atoms with E-state index in [2.05, 4.69) is 9.97 Å². The molecule has 110 valence electrons. The lowest BCUT2D eigenvalue weighted by molar-refractivity contribution is -0.141. The predicted molar refractivity (Wildman–Crippen MR) is 64.2 cm³/mol. The monoisotopic (exact) mass is 289 g/mol. The van der Waals surface area contributed by atoms with Gasteiger partial charge >= 0.3 is 12.1 Å². The summed E-state index contributed by atoms with van der Waals surface area (Å²) in [6.07, 6.45) is -1.95. The standard InChI is InChI=1S/C12H14F3N3O2/c13-12(14,15)9-3-4-16-11(17-9)18-5-1-2-8(7-18)6-10(19)20/h3-4,8H,1-2,5-7H2,(H,19,20). The first-order valence-corrected chi connectivity index (χ1v) is 6.23. The minimum Gasteiger partial charge on any atom is -0.481 e. The third kappa shape index (κ3) is 3.58. The third-order valence-corrected chi connectivity index (χ3v) is 3.20. The SMILES string of the molecule is O=C(O)CC1CCCN(c2nccc(C(F)(F)F)n2)C1. The van der Waals surface area contributed by atoms with Gasteiger partial charge in [-0.25, -0.2) is 9.97 Å². The second kappa shape index (κ2) is 5.64. The van der Waals surface area contributed by atoms with E-state index in [0.29, 0.717) is 13.1 Å². The summed E-state index contributed by atoms with van der Waals surface area (Å²) in [6.45, 7) is 0.908. The first kappa shape index (κ1) is 14.5. The fraction of sp³-hybridized carbons (Fsp3) is 0.583. The van der Waals surface area contributed by atoms with Gasteiger partial charge in [-0.1, -0.05) is 0 Å². The van der Waals surface area contributed by atoms with Gasteiger partial charge in [-0.2, -0.15) is 13.2 Å². The molecule has 1 aliphatic heterocycles. The summed E-state index contributed by atoms with van der Waals surface area (Å²) < 4.78 is 37.8. The topological polar surface area (TPSA) is 66.3 Å². The number of anilines is 1. The highest BCUT2D eigenvalue weighted by molar-refractivity contribution is 5.67. The van der Waals surface area contributed by atoms with Crippen LogP contribution in [0.3, 0.4) is 0 Å². The number of aliphatic carboxylic acids is 1. The van der Waals surface area contributed by atoms with Crippen molar-refractivity contribution in [1.29, 1.82) is 0 Å². The zero-order valence-electron chi connectivity index (χ0n) is 10.6. The maximum absolute atomic E-state index is 12.6. The Kier molecular flexibility index (Phi) is 4.10. The van der Waals surface area contributed by atoms with Crippen molar-refractivity contribution in [1.82, 2.24) is 9.97 Å². The van der Waals surface area contributed by atoms with Crippen molar-refractivity contribution in [3.05, 3.63) is 18.0 Å². The van der Waals surface area contributed by atoms with Crippen LogP contribution in [0.1, 0.15) is 25.0 Å². The largest absolute Gasteiger partial charge is 0.481 e. The summed E-state index contributed by atoms with van der Waals surface area (Å²) in [5, 5.41) is 8.77. The van der Waals surface area contributed by atoms with Crippen LogP contribution >= 0.6 is 0 Å². The molecule has 0 aliphatic carbocycles. The fourth-order valence-corrected chi connectivity index (χ4v) is 2.32. The summed E-state index contributed by atoms with van der Waals surface area (Å²) in [5.41, 5.74) is -0.983. The molecule has 1 fully saturated rings. The molecule has 0 radical (unpaired) electrons. The molecule has 2 rings (SSSR count). The summed E-state index contributed by atoms with van der Waals surface area (Å²) in [5.74, 6) is -0.976. The summed E-state index contributed by atoms with van der Waals surface area (Å²) in [4.78, 5) is 19.7. The molecule has 1 unspecified atom stereocenters. The molecule has 1 aromatic rings. The number of aromatic nitrogens is 2. The van der Waals surface area contributed by atoms with E-state index in [4.69, 9.17) is 5.11 Å². The van der Waals surface area contributed by atoms with Gasteiger partial charge in [0.05, 0.1) is 0 Å². The first-order valence-electron chi connectivity index (χ1n) is 6.23. The van der Waals surface area contributed by atoms with Crippen molar-refractivity contribution in [2.24, 2.45) is 5.92 Å². The number of halogens is 3. The molecular formula is C12H14F3N3O2. The van der Waals surface area contributed by atoms with Gasteiger partial charge in [0.15, 0.2) is 0 Å². The molecular weight excluding hydrogens is 275 g/mol. The summed E-state index contributed by atoms with van der Waals surface area (Å²) in [6, 6.07) is 0.822. The maximum atomic E-state index is 12.6. The van der Waals surface area contributed by atoms with E-state index in [0.717, 1.165) is 25.1 Å². The molecule has 1 saturated heterocycles. The van der Waals surface area contributed by atoms with E-state index in [-0.39, 0.29) is 18.3 Å². The van der Waals surface area contributed by atoms with E-state index in [1.165, 1.54) is 0 Å². The smallest absolute Gasteiger partial charge is 0.433 e. The van der Waals surface area contributed by atoms with Gasteiger partial charge in [0.1, 0.15) is 5.69 Å². The first-order chi connectivity index (χ1) is 9.36.